The Morgan fingerprint density at radius 3 is 2.94 bits per heavy atom. The van der Waals surface area contributed by atoms with E-state index < -0.39 is 0 Å². The third-order valence-corrected chi connectivity index (χ3v) is 2.95. The van der Waals surface area contributed by atoms with Gasteiger partial charge in [-0.15, -0.1) is 0 Å². The Balaban J connectivity index is 2.19. The summed E-state index contributed by atoms with van der Waals surface area (Å²) in [5.74, 6) is -0.00514. The lowest BCUT2D eigenvalue weighted by atomic mass is 10.1. The predicted molar refractivity (Wildman–Crippen MR) is 74.8 cm³/mol. The van der Waals surface area contributed by atoms with Gasteiger partial charge in [-0.05, 0) is 26.3 Å². The van der Waals surface area contributed by atoms with Crippen LogP contribution in [0.4, 0.5) is 0 Å². The van der Waals surface area contributed by atoms with Crippen LogP contribution in [0.25, 0.3) is 10.9 Å². The molecule has 0 atom stereocenters. The minimum Gasteiger partial charge on any atom is -0.358 e. The van der Waals surface area contributed by atoms with Crippen LogP contribution in [0.3, 0.4) is 0 Å². The highest BCUT2D eigenvalue weighted by atomic mass is 16.1. The molecule has 1 aromatic heterocycles. The second-order valence-electron chi connectivity index (χ2n) is 4.28. The average molecular weight is 242 g/mol. The lowest BCUT2D eigenvalue weighted by Gasteiger charge is -2.03. The number of allylic oxidation sites excluding steroid dienone is 1. The van der Waals surface area contributed by atoms with E-state index in [0.717, 1.165) is 28.6 Å². The van der Waals surface area contributed by atoms with Crippen molar-refractivity contribution in [3.63, 3.8) is 0 Å². The van der Waals surface area contributed by atoms with Crippen molar-refractivity contribution in [2.75, 3.05) is 6.54 Å². The molecule has 94 valence electrons. The molecular formula is C15H18N2O. The quantitative estimate of drug-likeness (QED) is 0.627. The van der Waals surface area contributed by atoms with E-state index in [1.165, 1.54) is 0 Å². The van der Waals surface area contributed by atoms with E-state index in [9.17, 15) is 4.79 Å². The second kappa shape index (κ2) is 5.54. The van der Waals surface area contributed by atoms with Gasteiger partial charge in [0, 0.05) is 23.1 Å². The van der Waals surface area contributed by atoms with Crippen molar-refractivity contribution in [1.82, 2.24) is 10.3 Å². The summed E-state index contributed by atoms with van der Waals surface area (Å²) in [4.78, 5) is 15.4. The van der Waals surface area contributed by atoms with Crippen molar-refractivity contribution >= 4 is 16.8 Å². The van der Waals surface area contributed by atoms with Gasteiger partial charge in [0.05, 0.1) is 5.56 Å². The Morgan fingerprint density at radius 1 is 1.39 bits per heavy atom. The third-order valence-electron chi connectivity index (χ3n) is 2.95. The number of aromatic amines is 1. The van der Waals surface area contributed by atoms with Gasteiger partial charge in [0.1, 0.15) is 0 Å². The van der Waals surface area contributed by atoms with Gasteiger partial charge in [-0.2, -0.15) is 0 Å². The second-order valence-corrected chi connectivity index (χ2v) is 4.28. The number of rotatable bonds is 4. The van der Waals surface area contributed by atoms with Crippen molar-refractivity contribution < 1.29 is 4.79 Å². The van der Waals surface area contributed by atoms with Crippen LogP contribution in [0.15, 0.2) is 36.4 Å². The molecule has 0 bridgehead atoms. The molecule has 0 unspecified atom stereocenters. The van der Waals surface area contributed by atoms with Gasteiger partial charge in [0.15, 0.2) is 0 Å². The van der Waals surface area contributed by atoms with Crippen molar-refractivity contribution in [3.8, 4) is 0 Å². The van der Waals surface area contributed by atoms with Crippen molar-refractivity contribution in [1.29, 1.82) is 0 Å². The molecule has 3 heteroatoms. The lowest BCUT2D eigenvalue weighted by Crippen LogP contribution is -2.24. The molecule has 2 N–H and O–H groups in total. The molecular weight excluding hydrogens is 224 g/mol. The number of benzene rings is 1. The fourth-order valence-electron chi connectivity index (χ4n) is 2.09. The van der Waals surface area contributed by atoms with E-state index in [1.54, 1.807) is 0 Å². The summed E-state index contributed by atoms with van der Waals surface area (Å²) in [5.41, 5.74) is 2.68. The van der Waals surface area contributed by atoms with Crippen LogP contribution in [-0.2, 0) is 0 Å². The zero-order chi connectivity index (χ0) is 13.0. The maximum Gasteiger partial charge on any atom is 0.253 e. The number of aryl methyl sites for hydroxylation is 1. The standard InChI is InChI=1S/C15H18N2O/c1-3-4-7-10-16-15(18)14-11(2)17-13-9-6-5-8-12(13)14/h3-6,8-9,17H,7,10H2,1-2H3,(H,16,18)/b4-3+. The van der Waals surface area contributed by atoms with Crippen LogP contribution in [0.1, 0.15) is 29.4 Å². The number of carbonyl (C=O) groups excluding carboxylic acids is 1. The molecule has 3 nitrogen and oxygen atoms in total. The Hall–Kier alpha value is -2.03. The first-order chi connectivity index (χ1) is 8.74. The summed E-state index contributed by atoms with van der Waals surface area (Å²) >= 11 is 0. The maximum atomic E-state index is 12.1. The van der Waals surface area contributed by atoms with Crippen LogP contribution in [0, 0.1) is 6.92 Å². The average Bonchev–Trinajstić information content (AvgIpc) is 2.70. The summed E-state index contributed by atoms with van der Waals surface area (Å²) in [6.07, 6.45) is 4.90. The minimum absolute atomic E-state index is 0.00514. The van der Waals surface area contributed by atoms with Crippen LogP contribution in [0.5, 0.6) is 0 Å². The first-order valence-corrected chi connectivity index (χ1v) is 6.20. The molecule has 2 aromatic rings. The van der Waals surface area contributed by atoms with E-state index in [0.29, 0.717) is 6.54 Å². The minimum atomic E-state index is -0.00514. The van der Waals surface area contributed by atoms with E-state index in [-0.39, 0.29) is 5.91 Å². The maximum absolute atomic E-state index is 12.1. The Bertz CT molecular complexity index is 581. The van der Waals surface area contributed by atoms with Gasteiger partial charge in [0.2, 0.25) is 0 Å². The molecule has 0 radical (unpaired) electrons. The molecule has 0 aliphatic carbocycles. The monoisotopic (exact) mass is 242 g/mol. The van der Waals surface area contributed by atoms with Gasteiger partial charge in [-0.25, -0.2) is 0 Å². The molecule has 1 amide bonds. The summed E-state index contributed by atoms with van der Waals surface area (Å²) in [6, 6.07) is 7.87. The number of fused-ring (bicyclic) bond motifs is 1. The summed E-state index contributed by atoms with van der Waals surface area (Å²) < 4.78 is 0. The molecule has 0 spiro atoms. The fraction of sp³-hybridized carbons (Fsp3) is 0.267. The zero-order valence-corrected chi connectivity index (χ0v) is 10.8. The van der Waals surface area contributed by atoms with E-state index in [4.69, 9.17) is 0 Å². The van der Waals surface area contributed by atoms with Crippen LogP contribution < -0.4 is 5.32 Å². The predicted octanol–water partition coefficient (Wildman–Crippen LogP) is 3.17. The molecule has 0 saturated heterocycles. The molecule has 0 aliphatic heterocycles. The normalized spacial score (nSPS) is 11.2. The van der Waals surface area contributed by atoms with Crippen molar-refractivity contribution in [3.05, 3.63) is 47.7 Å². The Morgan fingerprint density at radius 2 is 2.17 bits per heavy atom. The Labute approximate surface area is 107 Å². The van der Waals surface area contributed by atoms with E-state index in [1.807, 2.05) is 50.3 Å². The van der Waals surface area contributed by atoms with Gasteiger partial charge in [0.25, 0.3) is 5.91 Å². The first-order valence-electron chi connectivity index (χ1n) is 6.20. The summed E-state index contributed by atoms with van der Waals surface area (Å²) in [5, 5.41) is 3.93. The Kier molecular flexibility index (Phi) is 3.82. The largest absolute Gasteiger partial charge is 0.358 e. The molecule has 1 aromatic carbocycles. The number of hydrogen-bond donors (Lipinski definition) is 2. The van der Waals surface area contributed by atoms with Crippen LogP contribution >= 0.6 is 0 Å². The van der Waals surface area contributed by atoms with Gasteiger partial charge >= 0.3 is 0 Å². The van der Waals surface area contributed by atoms with Crippen molar-refractivity contribution in [2.45, 2.75) is 20.3 Å². The van der Waals surface area contributed by atoms with Gasteiger partial charge < -0.3 is 10.3 Å². The first kappa shape index (κ1) is 12.4. The number of H-pyrrole nitrogens is 1. The molecule has 0 aliphatic rings. The molecule has 1 heterocycles. The van der Waals surface area contributed by atoms with Crippen LogP contribution in [-0.4, -0.2) is 17.4 Å². The topological polar surface area (TPSA) is 44.9 Å². The number of para-hydroxylation sites is 1. The van der Waals surface area contributed by atoms with Crippen molar-refractivity contribution in [2.24, 2.45) is 0 Å². The number of hydrogen-bond acceptors (Lipinski definition) is 1. The number of carbonyl (C=O) groups is 1. The molecule has 18 heavy (non-hydrogen) atoms. The molecule has 0 saturated carbocycles. The number of amides is 1. The fourth-order valence-corrected chi connectivity index (χ4v) is 2.09. The molecule has 2 rings (SSSR count). The molecule has 0 fully saturated rings. The van der Waals surface area contributed by atoms with Gasteiger partial charge in [-0.1, -0.05) is 30.4 Å². The van der Waals surface area contributed by atoms with E-state index in [2.05, 4.69) is 10.3 Å². The highest BCUT2D eigenvalue weighted by Crippen LogP contribution is 2.21. The zero-order valence-electron chi connectivity index (χ0n) is 10.8. The summed E-state index contributed by atoms with van der Waals surface area (Å²) in [7, 11) is 0. The van der Waals surface area contributed by atoms with Gasteiger partial charge in [-0.3, -0.25) is 4.79 Å². The summed E-state index contributed by atoms with van der Waals surface area (Å²) in [6.45, 7) is 4.58. The highest BCUT2D eigenvalue weighted by Gasteiger charge is 2.14. The number of aromatic nitrogens is 1. The van der Waals surface area contributed by atoms with Crippen LogP contribution in [0.2, 0.25) is 0 Å². The SMILES string of the molecule is C/C=C/CCNC(=O)c1c(C)[nH]c2ccccc12. The number of nitrogens with one attached hydrogen (secondary N) is 2. The van der Waals surface area contributed by atoms with E-state index >= 15 is 0 Å². The highest BCUT2D eigenvalue weighted by molar-refractivity contribution is 6.08. The smallest absolute Gasteiger partial charge is 0.253 e. The lowest BCUT2D eigenvalue weighted by molar-refractivity contribution is 0.0955. The third kappa shape index (κ3) is 2.45.